The fourth-order valence-electron chi connectivity index (χ4n) is 0.823. The molecule has 0 N–H and O–H groups in total. The van der Waals surface area contributed by atoms with Crippen molar-refractivity contribution in [2.45, 2.75) is 26.2 Å². The average Bonchev–Trinajstić information content (AvgIpc) is 1.96. The second-order valence-electron chi connectivity index (χ2n) is 3.50. The van der Waals surface area contributed by atoms with Gasteiger partial charge in [0.25, 0.3) is 0 Å². The third-order valence-corrected chi connectivity index (χ3v) is 4.30. The predicted molar refractivity (Wildman–Crippen MR) is 60.6 cm³/mol. The first kappa shape index (κ1) is 12.1. The van der Waals surface area contributed by atoms with Crippen molar-refractivity contribution < 1.29 is 4.43 Å². The van der Waals surface area contributed by atoms with Crippen molar-refractivity contribution >= 4 is 18.0 Å². The minimum Gasteiger partial charge on any atom is -0.409 e. The lowest BCUT2D eigenvalue weighted by atomic mass is 10.6. The Labute approximate surface area is 79.6 Å². The lowest BCUT2D eigenvalue weighted by molar-refractivity contribution is 0.212. The molecule has 0 rings (SSSR count). The van der Waals surface area contributed by atoms with Crippen LogP contribution in [0.1, 0.15) is 0 Å². The summed E-state index contributed by atoms with van der Waals surface area (Å²) in [5.41, 5.74) is 0. The van der Waals surface area contributed by atoms with Gasteiger partial charge in [0, 0.05) is 6.54 Å². The van der Waals surface area contributed by atoms with Gasteiger partial charge in [0.05, 0.1) is 6.73 Å². The molecular formula is C8H21NOSi2. The maximum Gasteiger partial charge on any atom is 0.172 e. The normalized spacial score (nSPS) is 11.6. The van der Waals surface area contributed by atoms with E-state index in [9.17, 15) is 0 Å². The van der Waals surface area contributed by atoms with E-state index in [1.54, 1.807) is 0 Å². The van der Waals surface area contributed by atoms with Gasteiger partial charge in [0.15, 0.2) is 9.04 Å². The van der Waals surface area contributed by atoms with Crippen LogP contribution in [0.25, 0.3) is 0 Å². The fourth-order valence-corrected chi connectivity index (χ4v) is 2.44. The molecule has 0 aliphatic carbocycles. The van der Waals surface area contributed by atoms with E-state index in [1.165, 1.54) is 0 Å². The monoisotopic (exact) mass is 203 g/mol. The summed E-state index contributed by atoms with van der Waals surface area (Å²) >= 11 is 0. The zero-order chi connectivity index (χ0) is 9.56. The van der Waals surface area contributed by atoms with E-state index in [2.05, 4.69) is 37.3 Å². The quantitative estimate of drug-likeness (QED) is 0.368. The topological polar surface area (TPSA) is 12.5 Å². The summed E-state index contributed by atoms with van der Waals surface area (Å²) < 4.78 is 8.07. The Bertz CT molecular complexity index is 128. The zero-order valence-corrected chi connectivity index (χ0v) is 11.0. The van der Waals surface area contributed by atoms with Crippen LogP contribution in [0.3, 0.4) is 0 Å². The predicted octanol–water partition coefficient (Wildman–Crippen LogP) is 1.42. The summed E-state index contributed by atoms with van der Waals surface area (Å²) in [4.78, 5) is 0. The van der Waals surface area contributed by atoms with Crippen molar-refractivity contribution in [1.82, 2.24) is 4.57 Å². The molecule has 0 unspecified atom stereocenters. The number of nitrogens with zero attached hydrogens (tertiary/aromatic N) is 1. The van der Waals surface area contributed by atoms with Gasteiger partial charge in [-0.25, -0.2) is 0 Å². The van der Waals surface area contributed by atoms with Gasteiger partial charge in [-0.3, -0.25) is 0 Å². The molecule has 0 amide bonds. The second-order valence-corrected chi connectivity index (χ2v) is 8.85. The van der Waals surface area contributed by atoms with Crippen molar-refractivity contribution in [1.29, 1.82) is 0 Å². The van der Waals surface area contributed by atoms with E-state index < -0.39 is 18.0 Å². The highest BCUT2D eigenvalue weighted by Gasteiger charge is 2.08. The van der Waals surface area contributed by atoms with Gasteiger partial charge in [-0.2, -0.15) is 0 Å². The fraction of sp³-hybridized carbons (Fsp3) is 0.750. The van der Waals surface area contributed by atoms with Crippen molar-refractivity contribution in [3.8, 4) is 0 Å². The van der Waals surface area contributed by atoms with Crippen LogP contribution in [0.15, 0.2) is 12.7 Å². The van der Waals surface area contributed by atoms with E-state index in [0.717, 1.165) is 13.3 Å². The van der Waals surface area contributed by atoms with E-state index in [-0.39, 0.29) is 0 Å². The first-order chi connectivity index (χ1) is 5.57. The molecule has 72 valence electrons. The summed E-state index contributed by atoms with van der Waals surface area (Å²) in [6.45, 7) is 14.6. The van der Waals surface area contributed by atoms with Crippen molar-refractivity contribution in [3.63, 3.8) is 0 Å². The summed E-state index contributed by atoms with van der Waals surface area (Å²) in [5.74, 6) is 0. The maximum atomic E-state index is 5.67. The molecular weight excluding hydrogens is 182 g/mol. The Balaban J connectivity index is 3.70. The molecule has 0 radical (unpaired) electrons. The molecule has 12 heavy (non-hydrogen) atoms. The SMILES string of the molecule is C=CCN(CO[SiH](C)C)[SiH](C)C. The van der Waals surface area contributed by atoms with Gasteiger partial charge in [-0.05, 0) is 13.1 Å². The molecule has 0 atom stereocenters. The molecule has 0 aliphatic heterocycles. The first-order valence-electron chi connectivity index (χ1n) is 4.54. The molecule has 0 saturated heterocycles. The molecule has 0 aliphatic rings. The largest absolute Gasteiger partial charge is 0.409 e. The lowest BCUT2D eigenvalue weighted by Crippen LogP contribution is -2.37. The Morgan fingerprint density at radius 1 is 1.33 bits per heavy atom. The molecule has 4 heteroatoms. The number of hydrogen-bond acceptors (Lipinski definition) is 2. The minimum atomic E-state index is -0.847. The highest BCUT2D eigenvalue weighted by molar-refractivity contribution is 6.52. The van der Waals surface area contributed by atoms with Crippen LogP contribution in [-0.2, 0) is 4.43 Å². The molecule has 0 aromatic heterocycles. The molecule has 0 fully saturated rings. The second kappa shape index (κ2) is 6.59. The third-order valence-electron chi connectivity index (χ3n) is 1.67. The molecule has 0 spiro atoms. The first-order valence-corrected chi connectivity index (χ1v) is 10.1. The summed E-state index contributed by atoms with van der Waals surface area (Å²) in [5, 5.41) is 0. The van der Waals surface area contributed by atoms with Gasteiger partial charge in [-0.15, -0.1) is 6.58 Å². The highest BCUT2D eigenvalue weighted by atomic mass is 28.3. The van der Waals surface area contributed by atoms with Gasteiger partial charge in [0.1, 0.15) is 8.96 Å². The zero-order valence-electron chi connectivity index (χ0n) is 8.71. The van der Waals surface area contributed by atoms with E-state index in [1.807, 2.05) is 6.08 Å². The molecule has 2 nitrogen and oxygen atoms in total. The molecule has 0 heterocycles. The van der Waals surface area contributed by atoms with E-state index in [0.29, 0.717) is 0 Å². The lowest BCUT2D eigenvalue weighted by Gasteiger charge is -2.25. The van der Waals surface area contributed by atoms with Gasteiger partial charge in [-0.1, -0.05) is 19.2 Å². The third kappa shape index (κ3) is 5.71. The van der Waals surface area contributed by atoms with Gasteiger partial charge in [0.2, 0.25) is 0 Å². The molecule has 0 bridgehead atoms. The average molecular weight is 203 g/mol. The van der Waals surface area contributed by atoms with Crippen LogP contribution in [0, 0.1) is 0 Å². The number of hydrogen-bond donors (Lipinski definition) is 0. The van der Waals surface area contributed by atoms with Crippen LogP contribution in [-0.4, -0.2) is 35.8 Å². The van der Waals surface area contributed by atoms with Crippen molar-refractivity contribution in [2.24, 2.45) is 0 Å². The van der Waals surface area contributed by atoms with Gasteiger partial charge >= 0.3 is 0 Å². The molecule has 0 saturated carbocycles. The van der Waals surface area contributed by atoms with Crippen LogP contribution in [0.4, 0.5) is 0 Å². The van der Waals surface area contributed by atoms with E-state index >= 15 is 0 Å². The van der Waals surface area contributed by atoms with Crippen LogP contribution < -0.4 is 0 Å². The Hall–Kier alpha value is 0.0938. The molecule has 0 aromatic carbocycles. The van der Waals surface area contributed by atoms with Gasteiger partial charge < -0.3 is 8.99 Å². The van der Waals surface area contributed by atoms with Crippen LogP contribution in [0.5, 0.6) is 0 Å². The van der Waals surface area contributed by atoms with Crippen LogP contribution in [0.2, 0.25) is 26.2 Å². The standard InChI is InChI=1S/C8H21NOSi2/c1-6-7-9(11(2)3)8-10-12(4)5/h6,11-12H,1,7-8H2,2-5H3. The number of rotatable bonds is 6. The Kier molecular flexibility index (Phi) is 6.64. The Morgan fingerprint density at radius 3 is 2.25 bits per heavy atom. The smallest absolute Gasteiger partial charge is 0.172 e. The van der Waals surface area contributed by atoms with E-state index in [4.69, 9.17) is 4.43 Å². The summed E-state index contributed by atoms with van der Waals surface area (Å²) in [6, 6.07) is 0. The molecule has 0 aromatic rings. The Morgan fingerprint density at radius 2 is 1.92 bits per heavy atom. The summed E-state index contributed by atoms with van der Waals surface area (Å²) in [7, 11) is -1.55. The van der Waals surface area contributed by atoms with Crippen molar-refractivity contribution in [2.75, 3.05) is 13.3 Å². The minimum absolute atomic E-state index is 0.703. The van der Waals surface area contributed by atoms with Crippen LogP contribution >= 0.6 is 0 Å². The van der Waals surface area contributed by atoms with Crippen molar-refractivity contribution in [3.05, 3.63) is 12.7 Å². The highest BCUT2D eigenvalue weighted by Crippen LogP contribution is 1.96. The maximum absolute atomic E-state index is 5.67. The summed E-state index contributed by atoms with van der Waals surface area (Å²) in [6.07, 6.45) is 1.96.